The predicted molar refractivity (Wildman–Crippen MR) is 84.7 cm³/mol. The van der Waals surface area contributed by atoms with Gasteiger partial charge in [0.2, 0.25) is 5.91 Å². The average molecular weight is 383 g/mol. The Kier molecular flexibility index (Phi) is 6.25. The average Bonchev–Trinajstić information content (AvgIpc) is 2.65. The van der Waals surface area contributed by atoms with E-state index in [-0.39, 0.29) is 11.5 Å². The summed E-state index contributed by atoms with van der Waals surface area (Å²) >= 11 is 0. The van der Waals surface area contributed by atoms with Gasteiger partial charge in [0.15, 0.2) is 35.6 Å². The van der Waals surface area contributed by atoms with Crippen molar-refractivity contribution >= 4 is 29.3 Å². The molecule has 0 spiro atoms. The lowest BCUT2D eigenvalue weighted by Gasteiger charge is -2.09. The van der Waals surface area contributed by atoms with Crippen molar-refractivity contribution in [2.75, 3.05) is 24.2 Å². The monoisotopic (exact) mass is 383 g/mol. The number of hydrogen-bond donors (Lipinski definition) is 3. The quantitative estimate of drug-likeness (QED) is 0.485. The first-order valence-electron chi connectivity index (χ1n) is 7.23. The highest BCUT2D eigenvalue weighted by atomic mass is 19.2. The molecule has 12 heteroatoms. The highest BCUT2D eigenvalue weighted by Crippen LogP contribution is 2.19. The van der Waals surface area contributed by atoms with Crippen molar-refractivity contribution in [2.24, 2.45) is 0 Å². The number of amides is 2. The lowest BCUT2D eigenvalue weighted by Crippen LogP contribution is -2.35. The summed E-state index contributed by atoms with van der Waals surface area (Å²) in [6.45, 7) is -1.39. The number of halogens is 3. The minimum absolute atomic E-state index is 0.184. The van der Waals surface area contributed by atoms with E-state index in [1.54, 1.807) is 0 Å². The Hall–Kier alpha value is -3.70. The van der Waals surface area contributed by atoms with E-state index in [0.29, 0.717) is 6.07 Å². The van der Waals surface area contributed by atoms with Gasteiger partial charge in [0.05, 0.1) is 12.2 Å². The molecule has 1 aromatic carbocycles. The smallest absolute Gasteiger partial charge is 0.361 e. The fraction of sp³-hybridized carbons (Fsp3) is 0.133. The van der Waals surface area contributed by atoms with E-state index in [9.17, 15) is 27.6 Å². The van der Waals surface area contributed by atoms with Crippen LogP contribution in [0.4, 0.5) is 24.7 Å². The highest BCUT2D eigenvalue weighted by molar-refractivity contribution is 5.96. The first kappa shape index (κ1) is 19.6. The van der Waals surface area contributed by atoms with E-state index in [1.807, 2.05) is 5.32 Å². The van der Waals surface area contributed by atoms with E-state index in [2.05, 4.69) is 20.0 Å². The van der Waals surface area contributed by atoms with Gasteiger partial charge in [-0.15, -0.1) is 0 Å². The van der Waals surface area contributed by atoms with Crippen molar-refractivity contribution in [1.82, 2.24) is 15.3 Å². The van der Waals surface area contributed by atoms with Gasteiger partial charge in [0.25, 0.3) is 5.91 Å². The van der Waals surface area contributed by atoms with Crippen LogP contribution < -0.4 is 16.4 Å². The van der Waals surface area contributed by atoms with Crippen molar-refractivity contribution in [2.45, 2.75) is 0 Å². The molecule has 9 nitrogen and oxygen atoms in total. The number of esters is 1. The van der Waals surface area contributed by atoms with Crippen LogP contribution in [0.3, 0.4) is 0 Å². The van der Waals surface area contributed by atoms with Gasteiger partial charge in [-0.3, -0.25) is 9.59 Å². The number of ether oxygens (including phenoxy) is 1. The zero-order valence-electron chi connectivity index (χ0n) is 13.5. The van der Waals surface area contributed by atoms with Crippen LogP contribution in [0.15, 0.2) is 24.5 Å². The molecule has 0 saturated heterocycles. The molecule has 4 N–H and O–H groups in total. The van der Waals surface area contributed by atoms with Crippen LogP contribution in [-0.4, -0.2) is 40.9 Å². The molecule has 0 radical (unpaired) electrons. The zero-order valence-corrected chi connectivity index (χ0v) is 13.5. The van der Waals surface area contributed by atoms with Crippen LogP contribution in [0, 0.1) is 17.5 Å². The van der Waals surface area contributed by atoms with E-state index >= 15 is 0 Å². The number of nitrogen functional groups attached to an aromatic ring is 1. The first-order valence-corrected chi connectivity index (χ1v) is 7.23. The second-order valence-corrected chi connectivity index (χ2v) is 4.91. The van der Waals surface area contributed by atoms with E-state index in [4.69, 9.17) is 5.73 Å². The normalized spacial score (nSPS) is 10.2. The minimum atomic E-state index is -1.74. The molecule has 0 aliphatic heterocycles. The Morgan fingerprint density at radius 2 is 1.74 bits per heavy atom. The number of nitrogens with two attached hydrogens (primary N) is 1. The molecule has 0 bridgehead atoms. The van der Waals surface area contributed by atoms with Crippen molar-refractivity contribution in [1.29, 1.82) is 0 Å². The maximum absolute atomic E-state index is 13.4. The van der Waals surface area contributed by atoms with Gasteiger partial charge in [0, 0.05) is 12.4 Å². The number of nitrogens with zero attached hydrogens (tertiary/aromatic N) is 2. The summed E-state index contributed by atoms with van der Waals surface area (Å²) in [6, 6.07) is 1.45. The van der Waals surface area contributed by atoms with Crippen molar-refractivity contribution in [3.8, 4) is 0 Å². The molecule has 1 heterocycles. The second-order valence-electron chi connectivity index (χ2n) is 4.91. The maximum Gasteiger partial charge on any atom is 0.361 e. The summed E-state index contributed by atoms with van der Waals surface area (Å²) in [7, 11) is 0. The third kappa shape index (κ3) is 5.14. The molecular formula is C15H12F3N5O4. The van der Waals surface area contributed by atoms with E-state index in [1.165, 1.54) is 12.4 Å². The standard InChI is InChI=1S/C15H12F3N5O4/c16-7-1-2-8(12(18)11(7)17)23-9(24)5-22-10(25)6-27-15(26)13-14(19)21-4-3-20-13/h1-4H,5-6H2,(H2,19,21)(H,22,25)(H,23,24). The molecule has 0 aliphatic carbocycles. The fourth-order valence-electron chi connectivity index (χ4n) is 1.75. The molecule has 0 atom stereocenters. The SMILES string of the molecule is Nc1nccnc1C(=O)OCC(=O)NCC(=O)Nc1ccc(F)c(F)c1F. The summed E-state index contributed by atoms with van der Waals surface area (Å²) in [5, 5.41) is 4.04. The highest BCUT2D eigenvalue weighted by Gasteiger charge is 2.17. The lowest BCUT2D eigenvalue weighted by molar-refractivity contribution is -0.126. The molecule has 2 amide bonds. The second kappa shape index (κ2) is 8.60. The number of benzene rings is 1. The number of aromatic nitrogens is 2. The Morgan fingerprint density at radius 3 is 2.44 bits per heavy atom. The molecule has 2 rings (SSSR count). The van der Waals surface area contributed by atoms with Crippen molar-refractivity contribution in [3.05, 3.63) is 47.7 Å². The molecule has 142 valence electrons. The largest absolute Gasteiger partial charge is 0.451 e. The molecule has 0 saturated carbocycles. The van der Waals surface area contributed by atoms with Gasteiger partial charge < -0.3 is 21.1 Å². The lowest BCUT2D eigenvalue weighted by atomic mass is 10.2. The van der Waals surface area contributed by atoms with Crippen LogP contribution >= 0.6 is 0 Å². The number of hydrogen-bond acceptors (Lipinski definition) is 7. The van der Waals surface area contributed by atoms with Crippen LogP contribution in [0.1, 0.15) is 10.5 Å². The fourth-order valence-corrected chi connectivity index (χ4v) is 1.75. The molecule has 2 aromatic rings. The number of anilines is 2. The summed E-state index contributed by atoms with van der Waals surface area (Å²) in [4.78, 5) is 42.1. The van der Waals surface area contributed by atoms with Gasteiger partial charge in [0.1, 0.15) is 0 Å². The van der Waals surface area contributed by atoms with Gasteiger partial charge in [-0.25, -0.2) is 27.9 Å². The molecule has 1 aromatic heterocycles. The minimum Gasteiger partial charge on any atom is -0.451 e. The van der Waals surface area contributed by atoms with Gasteiger partial charge in [-0.2, -0.15) is 0 Å². The number of rotatable bonds is 6. The van der Waals surface area contributed by atoms with Crippen LogP contribution in [0.25, 0.3) is 0 Å². The Morgan fingerprint density at radius 1 is 1.04 bits per heavy atom. The van der Waals surface area contributed by atoms with Gasteiger partial charge >= 0.3 is 5.97 Å². The van der Waals surface area contributed by atoms with Crippen LogP contribution in [0.2, 0.25) is 0 Å². The summed E-state index contributed by atoms with van der Waals surface area (Å²) in [5.41, 5.74) is 4.54. The number of nitrogens with one attached hydrogen (secondary N) is 2. The molecule has 0 aliphatic rings. The van der Waals surface area contributed by atoms with E-state index < -0.39 is 54.1 Å². The Balaban J connectivity index is 1.80. The molecule has 0 unspecified atom stereocenters. The summed E-state index contributed by atoms with van der Waals surface area (Å²) in [6.07, 6.45) is 2.46. The van der Waals surface area contributed by atoms with E-state index in [0.717, 1.165) is 6.07 Å². The molecule has 27 heavy (non-hydrogen) atoms. The zero-order chi connectivity index (χ0) is 20.0. The topological polar surface area (TPSA) is 136 Å². The van der Waals surface area contributed by atoms with Crippen molar-refractivity contribution in [3.63, 3.8) is 0 Å². The summed E-state index contributed by atoms with van der Waals surface area (Å²) < 4.78 is 44.0. The Bertz CT molecular complexity index is 894. The van der Waals surface area contributed by atoms with Gasteiger partial charge in [-0.1, -0.05) is 0 Å². The van der Waals surface area contributed by atoms with Crippen molar-refractivity contribution < 1.29 is 32.3 Å². The van der Waals surface area contributed by atoms with Gasteiger partial charge in [-0.05, 0) is 12.1 Å². The number of carbonyl (C=O) groups excluding carboxylic acids is 3. The predicted octanol–water partition coefficient (Wildman–Crippen LogP) is 0.388. The third-order valence-corrected chi connectivity index (χ3v) is 3.01. The summed E-state index contributed by atoms with van der Waals surface area (Å²) in [5.74, 6) is -7.69. The third-order valence-electron chi connectivity index (χ3n) is 3.01. The first-order chi connectivity index (χ1) is 12.8. The Labute approximate surface area is 149 Å². The molecular weight excluding hydrogens is 371 g/mol. The van der Waals surface area contributed by atoms with Crippen LogP contribution in [-0.2, 0) is 14.3 Å². The van der Waals surface area contributed by atoms with Crippen LogP contribution in [0.5, 0.6) is 0 Å². The number of carbonyl (C=O) groups is 3. The maximum atomic E-state index is 13.4. The molecule has 0 fully saturated rings.